The monoisotopic (exact) mass is 490 g/mol. The van der Waals surface area contributed by atoms with Crippen LogP contribution in [0.2, 0.25) is 0 Å². The third-order valence-corrected chi connectivity index (χ3v) is 7.30. The molecular formula is C22H26N4O7S. The van der Waals surface area contributed by atoms with E-state index in [0.29, 0.717) is 42.1 Å². The number of sulfone groups is 1. The number of ether oxygens (including phenoxy) is 2. The maximum Gasteiger partial charge on any atom is 0.315 e. The quantitative estimate of drug-likeness (QED) is 0.485. The van der Waals surface area contributed by atoms with Crippen LogP contribution in [0, 0.1) is 5.92 Å². The summed E-state index contributed by atoms with van der Waals surface area (Å²) in [5.74, 6) is -2.36. The molecule has 2 amide bonds. The zero-order valence-corrected chi connectivity index (χ0v) is 19.8. The Kier molecular flexibility index (Phi) is 6.60. The molecule has 0 saturated carbocycles. The molecule has 1 unspecified atom stereocenters. The fourth-order valence-electron chi connectivity index (χ4n) is 4.20. The maximum absolute atomic E-state index is 12.9. The average molecular weight is 491 g/mol. The van der Waals surface area contributed by atoms with Crippen LogP contribution in [0.4, 0.5) is 5.82 Å². The Hall–Kier alpha value is -3.41. The van der Waals surface area contributed by atoms with Crippen molar-refractivity contribution in [1.29, 1.82) is 0 Å². The summed E-state index contributed by atoms with van der Waals surface area (Å²) in [4.78, 5) is 39.2. The second-order valence-corrected chi connectivity index (χ2v) is 10.3. The fraction of sp³-hybridized carbons (Fsp3) is 0.455. The van der Waals surface area contributed by atoms with E-state index in [1.54, 1.807) is 31.2 Å². The van der Waals surface area contributed by atoms with Crippen LogP contribution in [-0.2, 0) is 40.5 Å². The normalized spacial score (nSPS) is 18.8. The fourth-order valence-corrected chi connectivity index (χ4v) is 5.69. The van der Waals surface area contributed by atoms with Crippen molar-refractivity contribution < 1.29 is 32.3 Å². The number of amides is 2. The van der Waals surface area contributed by atoms with Gasteiger partial charge in [-0.2, -0.15) is 5.10 Å². The van der Waals surface area contributed by atoms with E-state index in [2.05, 4.69) is 10.4 Å². The standard InChI is InChI=1S/C22H26N4O7S/c1-3-33-22(29)14-5-4-10-25(11-14)21(28)20(27)23-19-17-12-34(30,31)13-18(17)24-26(19)15-6-8-16(32-2)9-7-15/h6-9,14H,3-5,10-13H2,1-2H3,(H,23,27). The van der Waals surface area contributed by atoms with Gasteiger partial charge in [0.25, 0.3) is 0 Å². The van der Waals surface area contributed by atoms with Gasteiger partial charge in [0.2, 0.25) is 0 Å². The predicted molar refractivity (Wildman–Crippen MR) is 121 cm³/mol. The molecule has 3 heterocycles. The lowest BCUT2D eigenvalue weighted by Crippen LogP contribution is -2.47. The largest absolute Gasteiger partial charge is 0.497 e. The van der Waals surface area contributed by atoms with E-state index in [1.165, 1.54) is 16.7 Å². The van der Waals surface area contributed by atoms with Gasteiger partial charge in [0.05, 0.1) is 42.5 Å². The molecule has 1 fully saturated rings. The van der Waals surface area contributed by atoms with Crippen molar-refractivity contribution in [2.75, 3.05) is 32.1 Å². The summed E-state index contributed by atoms with van der Waals surface area (Å²) >= 11 is 0. The molecule has 1 saturated heterocycles. The first kappa shape index (κ1) is 23.7. The van der Waals surface area contributed by atoms with Crippen LogP contribution in [0.25, 0.3) is 5.69 Å². The Bertz CT molecular complexity index is 1220. The van der Waals surface area contributed by atoms with Gasteiger partial charge in [-0.1, -0.05) is 0 Å². The number of hydrogen-bond donors (Lipinski definition) is 1. The van der Waals surface area contributed by atoms with Gasteiger partial charge >= 0.3 is 17.8 Å². The van der Waals surface area contributed by atoms with Crippen molar-refractivity contribution >= 4 is 33.4 Å². The number of carbonyl (C=O) groups is 3. The molecule has 0 spiro atoms. The van der Waals surface area contributed by atoms with E-state index in [4.69, 9.17) is 9.47 Å². The van der Waals surface area contributed by atoms with Gasteiger partial charge < -0.3 is 19.7 Å². The third-order valence-electron chi connectivity index (χ3n) is 5.86. The molecule has 1 aromatic carbocycles. The molecule has 2 aliphatic rings. The highest BCUT2D eigenvalue weighted by molar-refractivity contribution is 7.90. The number of esters is 1. The van der Waals surface area contributed by atoms with Crippen molar-refractivity contribution in [3.63, 3.8) is 0 Å². The van der Waals surface area contributed by atoms with E-state index in [-0.39, 0.29) is 36.4 Å². The van der Waals surface area contributed by atoms with Crippen LogP contribution >= 0.6 is 0 Å². The number of rotatable bonds is 5. The second-order valence-electron chi connectivity index (χ2n) is 8.21. The molecule has 11 nitrogen and oxygen atoms in total. The molecule has 0 radical (unpaired) electrons. The van der Waals surface area contributed by atoms with Gasteiger partial charge in [0, 0.05) is 18.7 Å². The molecule has 2 aliphatic heterocycles. The lowest BCUT2D eigenvalue weighted by atomic mass is 9.98. The number of anilines is 1. The number of hydrogen-bond acceptors (Lipinski definition) is 8. The molecule has 2 aromatic rings. The van der Waals surface area contributed by atoms with Crippen LogP contribution in [0.1, 0.15) is 31.0 Å². The molecule has 1 N–H and O–H groups in total. The predicted octanol–water partition coefficient (Wildman–Crippen LogP) is 1.05. The van der Waals surface area contributed by atoms with Gasteiger partial charge in [-0.15, -0.1) is 0 Å². The minimum atomic E-state index is -3.39. The summed E-state index contributed by atoms with van der Waals surface area (Å²) in [6.07, 6.45) is 1.15. The number of nitrogens with zero attached hydrogens (tertiary/aromatic N) is 3. The number of methoxy groups -OCH3 is 1. The van der Waals surface area contributed by atoms with E-state index >= 15 is 0 Å². The maximum atomic E-state index is 12.9. The zero-order chi connectivity index (χ0) is 24.5. The second kappa shape index (κ2) is 9.45. The number of carbonyl (C=O) groups excluding carboxylic acids is 3. The highest BCUT2D eigenvalue weighted by Crippen LogP contribution is 2.33. The van der Waals surface area contributed by atoms with E-state index in [9.17, 15) is 22.8 Å². The van der Waals surface area contributed by atoms with Crippen molar-refractivity contribution in [2.45, 2.75) is 31.3 Å². The Morgan fingerprint density at radius 2 is 1.91 bits per heavy atom. The first-order valence-electron chi connectivity index (χ1n) is 10.9. The molecular weight excluding hydrogens is 464 g/mol. The topological polar surface area (TPSA) is 137 Å². The summed E-state index contributed by atoms with van der Waals surface area (Å²) in [5.41, 5.74) is 1.26. The van der Waals surface area contributed by atoms with E-state index in [1.807, 2.05) is 0 Å². The molecule has 1 aromatic heterocycles. The Labute approximate surface area is 196 Å². The van der Waals surface area contributed by atoms with Crippen molar-refractivity contribution in [3.8, 4) is 11.4 Å². The van der Waals surface area contributed by atoms with Crippen LogP contribution < -0.4 is 10.1 Å². The van der Waals surface area contributed by atoms with E-state index in [0.717, 1.165) is 0 Å². The molecule has 182 valence electrons. The Balaban J connectivity index is 1.58. The number of aromatic nitrogens is 2. The van der Waals surface area contributed by atoms with Crippen LogP contribution in [0.15, 0.2) is 24.3 Å². The average Bonchev–Trinajstić information content (AvgIpc) is 3.30. The first-order chi connectivity index (χ1) is 16.2. The Morgan fingerprint density at radius 3 is 2.59 bits per heavy atom. The highest BCUT2D eigenvalue weighted by atomic mass is 32.2. The molecule has 0 bridgehead atoms. The van der Waals surface area contributed by atoms with Crippen LogP contribution in [-0.4, -0.2) is 67.7 Å². The Morgan fingerprint density at radius 1 is 1.18 bits per heavy atom. The highest BCUT2D eigenvalue weighted by Gasteiger charge is 2.36. The number of likely N-dealkylation sites (tertiary alicyclic amines) is 1. The molecule has 12 heteroatoms. The molecule has 34 heavy (non-hydrogen) atoms. The first-order valence-corrected chi connectivity index (χ1v) is 12.8. The third kappa shape index (κ3) is 4.76. The van der Waals surface area contributed by atoms with Gasteiger partial charge in [0.1, 0.15) is 11.6 Å². The lowest BCUT2D eigenvalue weighted by Gasteiger charge is -2.31. The molecule has 1 atom stereocenters. The SMILES string of the molecule is CCOC(=O)C1CCCN(C(=O)C(=O)Nc2c3c(nn2-c2ccc(OC)cc2)CS(=O)(=O)C3)C1. The van der Waals surface area contributed by atoms with E-state index < -0.39 is 27.6 Å². The van der Waals surface area contributed by atoms with Crippen LogP contribution in [0.3, 0.4) is 0 Å². The van der Waals surface area contributed by atoms with Crippen LogP contribution in [0.5, 0.6) is 5.75 Å². The summed E-state index contributed by atoms with van der Waals surface area (Å²) in [6, 6.07) is 6.83. The molecule has 4 rings (SSSR count). The van der Waals surface area contributed by atoms with Crippen molar-refractivity contribution in [3.05, 3.63) is 35.5 Å². The number of nitrogens with one attached hydrogen (secondary N) is 1. The van der Waals surface area contributed by atoms with Gasteiger partial charge in [0.15, 0.2) is 9.84 Å². The summed E-state index contributed by atoms with van der Waals surface area (Å²) < 4.78 is 35.9. The summed E-state index contributed by atoms with van der Waals surface area (Å²) in [6.45, 7) is 2.39. The number of benzene rings is 1. The minimum absolute atomic E-state index is 0.0926. The lowest BCUT2D eigenvalue weighted by molar-refractivity contribution is -0.153. The number of fused-ring (bicyclic) bond motifs is 1. The minimum Gasteiger partial charge on any atom is -0.497 e. The van der Waals surface area contributed by atoms with Gasteiger partial charge in [-0.05, 0) is 44.0 Å². The van der Waals surface area contributed by atoms with Crippen molar-refractivity contribution in [1.82, 2.24) is 14.7 Å². The zero-order valence-electron chi connectivity index (χ0n) is 18.9. The van der Waals surface area contributed by atoms with Gasteiger partial charge in [-0.3, -0.25) is 14.4 Å². The number of piperidine rings is 1. The van der Waals surface area contributed by atoms with Gasteiger partial charge in [-0.25, -0.2) is 13.1 Å². The van der Waals surface area contributed by atoms with Crippen molar-refractivity contribution in [2.24, 2.45) is 5.92 Å². The summed E-state index contributed by atoms with van der Waals surface area (Å²) in [5, 5.41) is 6.97. The summed E-state index contributed by atoms with van der Waals surface area (Å²) in [7, 11) is -1.85. The smallest absolute Gasteiger partial charge is 0.315 e. The molecule has 0 aliphatic carbocycles.